The van der Waals surface area contributed by atoms with Crippen LogP contribution in [0.25, 0.3) is 0 Å². The van der Waals surface area contributed by atoms with Crippen LogP contribution in [0.2, 0.25) is 0 Å². The molecule has 0 radical (unpaired) electrons. The molecule has 1 fully saturated rings. The monoisotopic (exact) mass is 315 g/mol. The van der Waals surface area contributed by atoms with Gasteiger partial charge in [-0.25, -0.2) is 18.4 Å². The first-order valence-corrected chi connectivity index (χ1v) is 8.79. The van der Waals surface area contributed by atoms with Crippen LogP contribution in [0.4, 0.5) is 0 Å². The number of nitrogens with one attached hydrogen (secondary N) is 1. The van der Waals surface area contributed by atoms with Crippen LogP contribution in [0.3, 0.4) is 0 Å². The van der Waals surface area contributed by atoms with Crippen LogP contribution in [0.1, 0.15) is 61.6 Å². The number of primary sulfonamides is 1. The molecular weight excluding hydrogens is 294 g/mol. The number of aromatic nitrogens is 2. The van der Waals surface area contributed by atoms with Gasteiger partial charge in [0.15, 0.2) is 5.69 Å². The Morgan fingerprint density at radius 2 is 1.95 bits per heavy atom. The Hall–Kier alpha value is -1.41. The van der Waals surface area contributed by atoms with Gasteiger partial charge in [-0.1, -0.05) is 19.8 Å². The quantitative estimate of drug-likeness (QED) is 0.645. The van der Waals surface area contributed by atoms with Gasteiger partial charge < -0.3 is 4.74 Å². The van der Waals surface area contributed by atoms with Crippen molar-refractivity contribution in [1.29, 1.82) is 0 Å². The standard InChI is InChI=1S/C13H21N3O4S/c1-2-10-12(21(14,18)19)11(16-15-10)13(17)20-9-7-5-3-4-6-8-9/h9H,2-8H2,1H3,(H,15,16)(H2,14,18,19). The van der Waals surface area contributed by atoms with Crippen molar-refractivity contribution in [2.75, 3.05) is 0 Å². The number of hydrogen-bond donors (Lipinski definition) is 2. The number of sulfonamides is 1. The molecule has 118 valence electrons. The first kappa shape index (κ1) is 16.0. The van der Waals surface area contributed by atoms with Crippen molar-refractivity contribution in [3.63, 3.8) is 0 Å². The van der Waals surface area contributed by atoms with E-state index < -0.39 is 16.0 Å². The molecule has 1 aliphatic carbocycles. The van der Waals surface area contributed by atoms with Crippen molar-refractivity contribution < 1.29 is 17.9 Å². The molecule has 7 nitrogen and oxygen atoms in total. The summed E-state index contributed by atoms with van der Waals surface area (Å²) in [6.45, 7) is 1.75. The lowest BCUT2D eigenvalue weighted by Gasteiger charge is -2.14. The predicted octanol–water partition coefficient (Wildman–Crippen LogP) is 1.50. The number of esters is 1. The topological polar surface area (TPSA) is 115 Å². The van der Waals surface area contributed by atoms with E-state index in [-0.39, 0.29) is 16.7 Å². The maximum atomic E-state index is 12.2. The predicted molar refractivity (Wildman–Crippen MR) is 76.2 cm³/mol. The molecule has 1 aliphatic rings. The second-order valence-electron chi connectivity index (χ2n) is 5.30. The van der Waals surface area contributed by atoms with Crippen molar-refractivity contribution in [3.8, 4) is 0 Å². The fraction of sp³-hybridized carbons (Fsp3) is 0.692. The zero-order chi connectivity index (χ0) is 15.5. The van der Waals surface area contributed by atoms with Crippen molar-refractivity contribution in [1.82, 2.24) is 10.2 Å². The Morgan fingerprint density at radius 1 is 1.33 bits per heavy atom. The van der Waals surface area contributed by atoms with Crippen LogP contribution >= 0.6 is 0 Å². The van der Waals surface area contributed by atoms with Crippen LogP contribution in [-0.4, -0.2) is 30.7 Å². The largest absolute Gasteiger partial charge is 0.458 e. The van der Waals surface area contributed by atoms with Crippen molar-refractivity contribution >= 4 is 16.0 Å². The van der Waals surface area contributed by atoms with Crippen molar-refractivity contribution in [3.05, 3.63) is 11.4 Å². The zero-order valence-electron chi connectivity index (χ0n) is 12.1. The first-order chi connectivity index (χ1) is 9.93. The highest BCUT2D eigenvalue weighted by Gasteiger charge is 2.29. The fourth-order valence-corrected chi connectivity index (χ4v) is 3.55. The maximum absolute atomic E-state index is 12.2. The van der Waals surface area contributed by atoms with E-state index in [4.69, 9.17) is 9.88 Å². The summed E-state index contributed by atoms with van der Waals surface area (Å²) >= 11 is 0. The zero-order valence-corrected chi connectivity index (χ0v) is 12.9. The van der Waals surface area contributed by atoms with E-state index in [0.717, 1.165) is 38.5 Å². The van der Waals surface area contributed by atoms with Gasteiger partial charge in [0.1, 0.15) is 11.0 Å². The number of H-pyrrole nitrogens is 1. The van der Waals surface area contributed by atoms with Crippen LogP contribution in [-0.2, 0) is 21.2 Å². The molecule has 0 spiro atoms. The third-order valence-corrected chi connectivity index (χ3v) is 4.71. The molecule has 0 saturated heterocycles. The molecule has 1 aromatic heterocycles. The van der Waals surface area contributed by atoms with Gasteiger partial charge in [-0.3, -0.25) is 5.10 Å². The summed E-state index contributed by atoms with van der Waals surface area (Å²) in [5.41, 5.74) is 0.0870. The lowest BCUT2D eigenvalue weighted by atomic mass is 10.1. The van der Waals surface area contributed by atoms with Gasteiger partial charge in [-0.05, 0) is 32.1 Å². The van der Waals surface area contributed by atoms with E-state index in [1.807, 2.05) is 0 Å². The van der Waals surface area contributed by atoms with Crippen LogP contribution in [0.5, 0.6) is 0 Å². The van der Waals surface area contributed by atoms with Crippen LogP contribution in [0, 0.1) is 0 Å². The highest BCUT2D eigenvalue weighted by atomic mass is 32.2. The fourth-order valence-electron chi connectivity index (χ4n) is 2.62. The molecule has 2 rings (SSSR count). The minimum Gasteiger partial charge on any atom is -0.458 e. The SMILES string of the molecule is CCc1[nH]nc(C(=O)OC2CCCCCC2)c1S(N)(=O)=O. The Bertz CT molecular complexity index is 601. The molecule has 1 heterocycles. The van der Waals surface area contributed by atoms with E-state index in [9.17, 15) is 13.2 Å². The molecule has 0 aliphatic heterocycles. The summed E-state index contributed by atoms with van der Waals surface area (Å²) in [7, 11) is -4.02. The summed E-state index contributed by atoms with van der Waals surface area (Å²) in [5, 5.41) is 11.5. The molecule has 0 unspecified atom stereocenters. The summed E-state index contributed by atoms with van der Waals surface area (Å²) in [5.74, 6) is -0.720. The second kappa shape index (κ2) is 6.57. The van der Waals surface area contributed by atoms with E-state index in [1.54, 1.807) is 6.92 Å². The highest BCUT2D eigenvalue weighted by Crippen LogP contribution is 2.23. The van der Waals surface area contributed by atoms with E-state index in [2.05, 4.69) is 10.2 Å². The van der Waals surface area contributed by atoms with Gasteiger partial charge >= 0.3 is 5.97 Å². The number of aryl methyl sites for hydroxylation is 1. The molecule has 21 heavy (non-hydrogen) atoms. The summed E-state index contributed by atoms with van der Waals surface area (Å²) < 4.78 is 28.7. The second-order valence-corrected chi connectivity index (χ2v) is 6.80. The number of aromatic amines is 1. The molecule has 0 atom stereocenters. The number of ether oxygens (including phenoxy) is 1. The van der Waals surface area contributed by atoms with Gasteiger partial charge in [0.2, 0.25) is 10.0 Å². The molecular formula is C13H21N3O4S. The maximum Gasteiger partial charge on any atom is 0.360 e. The Balaban J connectivity index is 2.21. The van der Waals surface area contributed by atoms with Gasteiger partial charge in [-0.2, -0.15) is 5.10 Å². The normalized spacial score (nSPS) is 17.4. The summed E-state index contributed by atoms with van der Waals surface area (Å²) in [4.78, 5) is 12.0. The van der Waals surface area contributed by atoms with Gasteiger partial charge in [0.05, 0.1) is 5.69 Å². The van der Waals surface area contributed by atoms with Crippen molar-refractivity contribution in [2.24, 2.45) is 5.14 Å². The average Bonchev–Trinajstić information content (AvgIpc) is 2.71. The van der Waals surface area contributed by atoms with E-state index >= 15 is 0 Å². The van der Waals surface area contributed by atoms with E-state index in [1.165, 1.54) is 0 Å². The van der Waals surface area contributed by atoms with Crippen LogP contribution in [0.15, 0.2) is 4.90 Å². The molecule has 1 aromatic rings. The smallest absolute Gasteiger partial charge is 0.360 e. The number of hydrogen-bond acceptors (Lipinski definition) is 5. The third kappa shape index (κ3) is 3.82. The molecule has 0 bridgehead atoms. The molecule has 3 N–H and O–H groups in total. The van der Waals surface area contributed by atoms with E-state index in [0.29, 0.717) is 12.1 Å². The Morgan fingerprint density at radius 3 is 2.48 bits per heavy atom. The van der Waals surface area contributed by atoms with Gasteiger partial charge in [0.25, 0.3) is 0 Å². The molecule has 0 aromatic carbocycles. The van der Waals surface area contributed by atoms with Crippen LogP contribution < -0.4 is 5.14 Å². The Kier molecular flexibility index (Phi) is 5.00. The summed E-state index contributed by atoms with van der Waals surface area (Å²) in [6.07, 6.45) is 6.13. The minimum absolute atomic E-state index is 0.171. The minimum atomic E-state index is -4.02. The van der Waals surface area contributed by atoms with Crippen molar-refractivity contribution in [2.45, 2.75) is 62.9 Å². The molecule has 8 heteroatoms. The lowest BCUT2D eigenvalue weighted by Crippen LogP contribution is -2.22. The van der Waals surface area contributed by atoms with Gasteiger partial charge in [0, 0.05) is 0 Å². The first-order valence-electron chi connectivity index (χ1n) is 7.24. The number of carbonyl (C=O) groups excluding carboxylic acids is 1. The number of carbonyl (C=O) groups is 1. The average molecular weight is 315 g/mol. The summed E-state index contributed by atoms with van der Waals surface area (Å²) in [6, 6.07) is 0. The highest BCUT2D eigenvalue weighted by molar-refractivity contribution is 7.89. The molecule has 1 saturated carbocycles. The number of nitrogens with zero attached hydrogens (tertiary/aromatic N) is 1. The lowest BCUT2D eigenvalue weighted by molar-refractivity contribution is 0.0256. The third-order valence-electron chi connectivity index (χ3n) is 3.70. The Labute approximate surface area is 124 Å². The number of nitrogens with two attached hydrogens (primary N) is 1. The number of rotatable bonds is 4. The molecule has 0 amide bonds. The van der Waals surface area contributed by atoms with Gasteiger partial charge in [-0.15, -0.1) is 0 Å².